The van der Waals surface area contributed by atoms with Crippen LogP contribution in [0.25, 0.3) is 0 Å². The number of nitrogens with one attached hydrogen (secondary N) is 2. The standard InChI is InChI=1S/C14H16ClN3S.CH4/c15-13-2-1-10-3-5-16-6-4-11(10)12(13)9-19-14-17-7-8-18-14;/h1-2,7-8,16H,3-6,9H2,(H,17,18);1H4. The van der Waals surface area contributed by atoms with E-state index < -0.39 is 0 Å². The number of aromatic amines is 1. The summed E-state index contributed by atoms with van der Waals surface area (Å²) in [6.45, 7) is 2.09. The van der Waals surface area contributed by atoms with Gasteiger partial charge in [-0.1, -0.05) is 36.9 Å². The van der Waals surface area contributed by atoms with E-state index in [4.69, 9.17) is 11.6 Å². The first kappa shape index (κ1) is 15.4. The number of nitrogens with zero attached hydrogens (tertiary/aromatic N) is 1. The number of hydrogen-bond donors (Lipinski definition) is 2. The lowest BCUT2D eigenvalue weighted by Gasteiger charge is -2.13. The molecule has 5 heteroatoms. The van der Waals surface area contributed by atoms with E-state index in [1.165, 1.54) is 16.7 Å². The van der Waals surface area contributed by atoms with Crippen LogP contribution in [0.5, 0.6) is 0 Å². The molecule has 3 nitrogen and oxygen atoms in total. The fourth-order valence-corrected chi connectivity index (χ4v) is 3.67. The predicted octanol–water partition coefficient (Wildman–Crippen LogP) is 3.68. The Hall–Kier alpha value is -0.970. The van der Waals surface area contributed by atoms with E-state index in [2.05, 4.69) is 21.4 Å². The molecule has 1 aromatic heterocycles. The van der Waals surface area contributed by atoms with Crippen LogP contribution in [0.4, 0.5) is 0 Å². The Morgan fingerprint density at radius 2 is 2.10 bits per heavy atom. The third kappa shape index (κ3) is 3.37. The zero-order valence-corrected chi connectivity index (χ0v) is 12.2. The van der Waals surface area contributed by atoms with Crippen molar-refractivity contribution in [3.05, 3.63) is 46.2 Å². The number of rotatable bonds is 3. The molecule has 20 heavy (non-hydrogen) atoms. The van der Waals surface area contributed by atoms with Crippen molar-refractivity contribution in [1.82, 2.24) is 15.3 Å². The van der Waals surface area contributed by atoms with Crippen LogP contribution < -0.4 is 5.32 Å². The summed E-state index contributed by atoms with van der Waals surface area (Å²) in [5.74, 6) is 0.871. The van der Waals surface area contributed by atoms with E-state index >= 15 is 0 Å². The monoisotopic (exact) mass is 309 g/mol. The molecule has 0 saturated heterocycles. The van der Waals surface area contributed by atoms with Crippen molar-refractivity contribution in [3.8, 4) is 0 Å². The van der Waals surface area contributed by atoms with Crippen molar-refractivity contribution in [2.45, 2.75) is 31.2 Å². The minimum atomic E-state index is 0. The largest absolute Gasteiger partial charge is 0.340 e. The lowest BCUT2D eigenvalue weighted by Crippen LogP contribution is -2.16. The predicted molar refractivity (Wildman–Crippen MR) is 86.6 cm³/mol. The molecule has 2 aromatic rings. The molecule has 1 aliphatic rings. The summed E-state index contributed by atoms with van der Waals surface area (Å²) in [6.07, 6.45) is 5.77. The van der Waals surface area contributed by atoms with Crippen molar-refractivity contribution in [3.63, 3.8) is 0 Å². The molecule has 2 heterocycles. The average Bonchev–Trinajstić information content (AvgIpc) is 2.82. The Balaban J connectivity index is 0.00000147. The maximum absolute atomic E-state index is 6.39. The van der Waals surface area contributed by atoms with Crippen LogP contribution in [0.2, 0.25) is 5.02 Å². The van der Waals surface area contributed by atoms with Gasteiger partial charge in [-0.2, -0.15) is 0 Å². The van der Waals surface area contributed by atoms with Gasteiger partial charge in [-0.25, -0.2) is 4.98 Å². The molecule has 0 amide bonds. The van der Waals surface area contributed by atoms with Gasteiger partial charge < -0.3 is 10.3 Å². The molecule has 0 radical (unpaired) electrons. The average molecular weight is 310 g/mol. The van der Waals surface area contributed by atoms with Gasteiger partial charge in [0.05, 0.1) is 0 Å². The molecule has 0 atom stereocenters. The van der Waals surface area contributed by atoms with E-state index in [9.17, 15) is 0 Å². The van der Waals surface area contributed by atoms with E-state index in [0.29, 0.717) is 0 Å². The summed E-state index contributed by atoms with van der Waals surface area (Å²) >= 11 is 8.09. The van der Waals surface area contributed by atoms with Crippen LogP contribution in [-0.2, 0) is 18.6 Å². The van der Waals surface area contributed by atoms with E-state index in [1.807, 2.05) is 12.3 Å². The van der Waals surface area contributed by atoms with E-state index in [-0.39, 0.29) is 7.43 Å². The first-order chi connectivity index (χ1) is 9.34. The van der Waals surface area contributed by atoms with Crippen molar-refractivity contribution >= 4 is 23.4 Å². The molecule has 1 aromatic carbocycles. The van der Waals surface area contributed by atoms with Crippen molar-refractivity contribution in [2.24, 2.45) is 0 Å². The van der Waals surface area contributed by atoms with Crippen molar-refractivity contribution < 1.29 is 0 Å². The Morgan fingerprint density at radius 1 is 1.25 bits per heavy atom. The number of hydrogen-bond acceptors (Lipinski definition) is 3. The fourth-order valence-electron chi connectivity index (χ4n) is 2.45. The van der Waals surface area contributed by atoms with Gasteiger partial charge in [0.25, 0.3) is 0 Å². The van der Waals surface area contributed by atoms with Crippen molar-refractivity contribution in [1.29, 1.82) is 0 Å². The molecule has 0 saturated carbocycles. The highest BCUT2D eigenvalue weighted by Crippen LogP contribution is 2.30. The first-order valence-electron chi connectivity index (χ1n) is 6.46. The Morgan fingerprint density at radius 3 is 2.90 bits per heavy atom. The van der Waals surface area contributed by atoms with Gasteiger partial charge in [0.15, 0.2) is 5.16 Å². The van der Waals surface area contributed by atoms with Crippen LogP contribution in [0.15, 0.2) is 29.7 Å². The van der Waals surface area contributed by atoms with Crippen LogP contribution >= 0.6 is 23.4 Å². The molecule has 3 rings (SSSR count). The lowest BCUT2D eigenvalue weighted by atomic mass is 9.98. The normalized spacial score (nSPS) is 14.2. The summed E-state index contributed by atoms with van der Waals surface area (Å²) in [7, 11) is 0. The topological polar surface area (TPSA) is 40.7 Å². The third-order valence-corrected chi connectivity index (χ3v) is 4.70. The smallest absolute Gasteiger partial charge is 0.165 e. The quantitative estimate of drug-likeness (QED) is 0.850. The molecule has 108 valence electrons. The molecule has 0 fully saturated rings. The van der Waals surface area contributed by atoms with Gasteiger partial charge in [0.1, 0.15) is 0 Å². The number of imidazole rings is 1. The van der Waals surface area contributed by atoms with Gasteiger partial charge in [-0.05, 0) is 48.7 Å². The maximum Gasteiger partial charge on any atom is 0.165 e. The van der Waals surface area contributed by atoms with Gasteiger partial charge in [0.2, 0.25) is 0 Å². The second-order valence-corrected chi connectivity index (χ2v) is 5.97. The van der Waals surface area contributed by atoms with Gasteiger partial charge in [0, 0.05) is 23.2 Å². The molecule has 0 aliphatic carbocycles. The third-order valence-electron chi connectivity index (χ3n) is 3.42. The number of benzene rings is 1. The molecular weight excluding hydrogens is 290 g/mol. The number of halogens is 1. The summed E-state index contributed by atoms with van der Waals surface area (Å²) in [6, 6.07) is 4.20. The van der Waals surface area contributed by atoms with Crippen molar-refractivity contribution in [2.75, 3.05) is 13.1 Å². The second kappa shape index (κ2) is 7.16. The maximum atomic E-state index is 6.39. The van der Waals surface area contributed by atoms with Gasteiger partial charge >= 0.3 is 0 Å². The Bertz CT molecular complexity index is 554. The lowest BCUT2D eigenvalue weighted by molar-refractivity contribution is 0.710. The van der Waals surface area contributed by atoms with Crippen LogP contribution in [0, 0.1) is 0 Å². The van der Waals surface area contributed by atoms with Crippen LogP contribution in [-0.4, -0.2) is 23.1 Å². The minimum absolute atomic E-state index is 0. The van der Waals surface area contributed by atoms with Gasteiger partial charge in [-0.3, -0.25) is 0 Å². The molecular formula is C15H20ClN3S. The molecule has 0 bridgehead atoms. The molecule has 0 unspecified atom stereocenters. The number of thioether (sulfide) groups is 1. The Kier molecular flexibility index (Phi) is 5.52. The Labute approximate surface area is 129 Å². The van der Waals surface area contributed by atoms with Gasteiger partial charge in [-0.15, -0.1) is 0 Å². The second-order valence-electron chi connectivity index (χ2n) is 4.60. The SMILES string of the molecule is C.Clc1ccc2c(c1CSc1ncc[nH]1)CCNCC2. The molecule has 2 N–H and O–H groups in total. The fraction of sp³-hybridized carbons (Fsp3) is 0.400. The summed E-state index contributed by atoms with van der Waals surface area (Å²) in [4.78, 5) is 7.36. The molecule has 0 spiro atoms. The number of fused-ring (bicyclic) bond motifs is 1. The molecule has 1 aliphatic heterocycles. The number of aromatic nitrogens is 2. The summed E-state index contributed by atoms with van der Waals surface area (Å²) in [5, 5.41) is 5.26. The zero-order valence-electron chi connectivity index (χ0n) is 10.6. The van der Waals surface area contributed by atoms with E-state index in [0.717, 1.165) is 41.9 Å². The number of H-pyrrole nitrogens is 1. The highest BCUT2D eigenvalue weighted by atomic mass is 35.5. The summed E-state index contributed by atoms with van der Waals surface area (Å²) in [5.41, 5.74) is 4.13. The van der Waals surface area contributed by atoms with Crippen LogP contribution in [0.3, 0.4) is 0 Å². The highest BCUT2D eigenvalue weighted by molar-refractivity contribution is 7.98. The van der Waals surface area contributed by atoms with Crippen LogP contribution in [0.1, 0.15) is 24.1 Å². The van der Waals surface area contributed by atoms with E-state index in [1.54, 1.807) is 18.0 Å². The first-order valence-corrected chi connectivity index (χ1v) is 7.83. The summed E-state index contributed by atoms with van der Waals surface area (Å²) < 4.78 is 0. The highest BCUT2D eigenvalue weighted by Gasteiger charge is 2.15. The minimum Gasteiger partial charge on any atom is -0.340 e. The zero-order chi connectivity index (χ0) is 13.1.